The van der Waals surface area contributed by atoms with Crippen LogP contribution in [-0.2, 0) is 6.54 Å². The molecule has 0 radical (unpaired) electrons. The van der Waals surface area contributed by atoms with Crippen LogP contribution in [0.4, 0.5) is 5.82 Å². The highest BCUT2D eigenvalue weighted by atomic mass is 35.5. The first-order chi connectivity index (χ1) is 14.0. The molecule has 0 spiro atoms. The predicted molar refractivity (Wildman–Crippen MR) is 122 cm³/mol. The first-order valence-corrected chi connectivity index (χ1v) is 10.5. The lowest BCUT2D eigenvalue weighted by Gasteiger charge is -2.33. The first kappa shape index (κ1) is 21.7. The van der Waals surface area contributed by atoms with E-state index in [2.05, 4.69) is 43.5 Å². The summed E-state index contributed by atoms with van der Waals surface area (Å²) in [4.78, 5) is 13.6. The van der Waals surface area contributed by atoms with E-state index in [1.165, 1.54) is 0 Å². The lowest BCUT2D eigenvalue weighted by molar-refractivity contribution is 0.312. The Hall–Kier alpha value is -2.02. The van der Waals surface area contributed by atoms with Gasteiger partial charge in [-0.2, -0.15) is 0 Å². The topological polar surface area (TPSA) is 55.8 Å². The second kappa shape index (κ2) is 10.1. The van der Waals surface area contributed by atoms with Gasteiger partial charge in [0, 0.05) is 56.0 Å². The molecule has 1 fully saturated rings. The summed E-state index contributed by atoms with van der Waals surface area (Å²) in [5, 5.41) is 8.01. The van der Waals surface area contributed by atoms with Gasteiger partial charge in [0.25, 0.3) is 0 Å². The number of guanidine groups is 1. The fourth-order valence-corrected chi connectivity index (χ4v) is 3.87. The minimum absolute atomic E-state index is 0.00990. The molecule has 1 atom stereocenters. The number of aliphatic imine (C=N–C) groups is 1. The summed E-state index contributed by atoms with van der Waals surface area (Å²) < 4.78 is 0. The van der Waals surface area contributed by atoms with Crippen LogP contribution >= 0.6 is 23.2 Å². The summed E-state index contributed by atoms with van der Waals surface area (Å²) in [6.45, 7) is 6.83. The number of anilines is 1. The lowest BCUT2D eigenvalue weighted by Crippen LogP contribution is -2.44. The Morgan fingerprint density at radius 2 is 1.93 bits per heavy atom. The monoisotopic (exact) mass is 434 g/mol. The summed E-state index contributed by atoms with van der Waals surface area (Å²) in [7, 11) is 3.91. The van der Waals surface area contributed by atoms with E-state index < -0.39 is 0 Å². The molecule has 156 valence electrons. The van der Waals surface area contributed by atoms with Crippen molar-refractivity contribution in [3.8, 4) is 0 Å². The zero-order valence-electron chi connectivity index (χ0n) is 17.1. The van der Waals surface area contributed by atoms with Crippen molar-refractivity contribution in [3.05, 3.63) is 57.7 Å². The fourth-order valence-electron chi connectivity index (χ4n) is 3.29. The van der Waals surface area contributed by atoms with Gasteiger partial charge in [0.15, 0.2) is 5.96 Å². The van der Waals surface area contributed by atoms with Gasteiger partial charge in [-0.25, -0.2) is 4.98 Å². The van der Waals surface area contributed by atoms with Crippen LogP contribution in [0.5, 0.6) is 0 Å². The average molecular weight is 435 g/mol. The SMILES string of the molecule is CN=C(NCc1ccnc(N2CCN(C)CC2)c1)NC(C)c1ccc(Cl)cc1Cl. The molecular formula is C21H28Cl2N6. The number of rotatable bonds is 5. The maximum absolute atomic E-state index is 6.32. The van der Waals surface area contributed by atoms with Gasteiger partial charge in [-0.3, -0.25) is 4.99 Å². The number of nitrogens with zero attached hydrogens (tertiary/aromatic N) is 4. The number of nitrogens with one attached hydrogen (secondary N) is 2. The third kappa shape index (κ3) is 5.98. The number of hydrogen-bond donors (Lipinski definition) is 2. The van der Waals surface area contributed by atoms with E-state index in [1.54, 1.807) is 13.1 Å². The molecule has 1 saturated heterocycles. The number of aromatic nitrogens is 1. The van der Waals surface area contributed by atoms with Crippen LogP contribution in [0, 0.1) is 0 Å². The van der Waals surface area contributed by atoms with E-state index in [-0.39, 0.29) is 6.04 Å². The van der Waals surface area contributed by atoms with Gasteiger partial charge in [-0.1, -0.05) is 29.3 Å². The van der Waals surface area contributed by atoms with Gasteiger partial charge >= 0.3 is 0 Å². The first-order valence-electron chi connectivity index (χ1n) is 9.77. The van der Waals surface area contributed by atoms with Gasteiger partial charge in [0.2, 0.25) is 0 Å². The highest BCUT2D eigenvalue weighted by Gasteiger charge is 2.16. The molecule has 1 aliphatic rings. The molecule has 3 rings (SSSR count). The predicted octanol–water partition coefficient (Wildman–Crippen LogP) is 3.57. The van der Waals surface area contributed by atoms with Crippen molar-refractivity contribution in [3.63, 3.8) is 0 Å². The van der Waals surface area contributed by atoms with E-state index >= 15 is 0 Å². The molecule has 2 heterocycles. The Balaban J connectivity index is 1.58. The number of likely N-dealkylation sites (N-methyl/N-ethyl adjacent to an activating group) is 1. The van der Waals surface area contributed by atoms with Crippen LogP contribution < -0.4 is 15.5 Å². The second-order valence-corrected chi connectivity index (χ2v) is 8.11. The van der Waals surface area contributed by atoms with Crippen molar-refractivity contribution in [2.24, 2.45) is 4.99 Å². The van der Waals surface area contributed by atoms with E-state index in [0.29, 0.717) is 22.5 Å². The highest BCUT2D eigenvalue weighted by Crippen LogP contribution is 2.26. The molecule has 8 heteroatoms. The number of pyridine rings is 1. The van der Waals surface area contributed by atoms with Crippen molar-refractivity contribution in [1.82, 2.24) is 20.5 Å². The van der Waals surface area contributed by atoms with Crippen LogP contribution in [0.2, 0.25) is 10.0 Å². The third-order valence-corrected chi connectivity index (χ3v) is 5.67. The van der Waals surface area contributed by atoms with Crippen molar-refractivity contribution in [2.75, 3.05) is 45.2 Å². The minimum atomic E-state index is -0.00990. The number of piperazine rings is 1. The Morgan fingerprint density at radius 3 is 2.62 bits per heavy atom. The number of benzene rings is 1. The molecular weight excluding hydrogens is 407 g/mol. The van der Waals surface area contributed by atoms with E-state index in [9.17, 15) is 0 Å². The summed E-state index contributed by atoms with van der Waals surface area (Å²) in [6, 6.07) is 9.69. The normalized spacial score (nSPS) is 16.6. The Kier molecular flexibility index (Phi) is 7.58. The molecule has 2 aromatic rings. The van der Waals surface area contributed by atoms with Gasteiger partial charge in [0.1, 0.15) is 5.82 Å². The van der Waals surface area contributed by atoms with E-state index in [0.717, 1.165) is 43.1 Å². The van der Waals surface area contributed by atoms with Crippen LogP contribution in [0.25, 0.3) is 0 Å². The smallest absolute Gasteiger partial charge is 0.191 e. The number of halogens is 2. The van der Waals surface area contributed by atoms with Crippen molar-refractivity contribution in [2.45, 2.75) is 19.5 Å². The molecule has 2 N–H and O–H groups in total. The molecule has 0 saturated carbocycles. The van der Waals surface area contributed by atoms with E-state index in [4.69, 9.17) is 23.2 Å². The summed E-state index contributed by atoms with van der Waals surface area (Å²) in [6.07, 6.45) is 1.87. The Morgan fingerprint density at radius 1 is 1.17 bits per heavy atom. The van der Waals surface area contributed by atoms with Crippen LogP contribution in [0.15, 0.2) is 41.5 Å². The van der Waals surface area contributed by atoms with E-state index in [1.807, 2.05) is 31.3 Å². The molecule has 1 aliphatic heterocycles. The summed E-state index contributed by atoms with van der Waals surface area (Å²) in [5.74, 6) is 1.74. The molecule has 0 aliphatic carbocycles. The molecule has 6 nitrogen and oxygen atoms in total. The standard InChI is InChI=1S/C21H28Cl2N6/c1-15(18-5-4-17(22)13-19(18)23)27-21(24-2)26-14-16-6-7-25-20(12-16)29-10-8-28(3)9-11-29/h4-7,12-13,15H,8-11,14H2,1-3H3,(H2,24,26,27). The molecule has 0 bridgehead atoms. The molecule has 1 aromatic heterocycles. The maximum atomic E-state index is 6.32. The zero-order chi connectivity index (χ0) is 20.8. The van der Waals surface area contributed by atoms with Gasteiger partial charge in [-0.15, -0.1) is 0 Å². The van der Waals surface area contributed by atoms with Gasteiger partial charge in [0.05, 0.1) is 6.04 Å². The molecule has 1 unspecified atom stereocenters. The van der Waals surface area contributed by atoms with Gasteiger partial charge in [-0.05, 0) is 49.4 Å². The van der Waals surface area contributed by atoms with Crippen molar-refractivity contribution in [1.29, 1.82) is 0 Å². The second-order valence-electron chi connectivity index (χ2n) is 7.27. The van der Waals surface area contributed by atoms with Crippen LogP contribution in [0.1, 0.15) is 24.1 Å². The largest absolute Gasteiger partial charge is 0.354 e. The zero-order valence-corrected chi connectivity index (χ0v) is 18.6. The lowest BCUT2D eigenvalue weighted by atomic mass is 10.1. The van der Waals surface area contributed by atoms with Crippen LogP contribution in [0.3, 0.4) is 0 Å². The third-order valence-electron chi connectivity index (χ3n) is 5.10. The summed E-state index contributed by atoms with van der Waals surface area (Å²) in [5.41, 5.74) is 2.13. The Bertz CT molecular complexity index is 849. The average Bonchev–Trinajstić information content (AvgIpc) is 2.71. The van der Waals surface area contributed by atoms with Crippen molar-refractivity contribution >= 4 is 35.0 Å². The number of hydrogen-bond acceptors (Lipinski definition) is 4. The maximum Gasteiger partial charge on any atom is 0.191 e. The molecule has 0 amide bonds. The highest BCUT2D eigenvalue weighted by molar-refractivity contribution is 6.35. The van der Waals surface area contributed by atoms with Gasteiger partial charge < -0.3 is 20.4 Å². The van der Waals surface area contributed by atoms with Crippen LogP contribution in [-0.4, -0.2) is 56.1 Å². The molecule has 29 heavy (non-hydrogen) atoms. The summed E-state index contributed by atoms with van der Waals surface area (Å²) >= 11 is 12.3. The Labute approximate surface area is 182 Å². The minimum Gasteiger partial charge on any atom is -0.354 e. The quantitative estimate of drug-likeness (QED) is 0.556. The molecule has 1 aromatic carbocycles. The van der Waals surface area contributed by atoms with Crippen molar-refractivity contribution < 1.29 is 0 Å². The fraction of sp³-hybridized carbons (Fsp3) is 0.429.